The number of rotatable bonds is 6. The molecule has 0 unspecified atom stereocenters. The number of hydrogen-bond acceptors (Lipinski definition) is 3. The summed E-state index contributed by atoms with van der Waals surface area (Å²) >= 11 is 0. The minimum absolute atomic E-state index is 0.0738. The Bertz CT molecular complexity index is 243. The molecule has 2 fully saturated rings. The molecular formula is C15H29NO2. The van der Waals surface area contributed by atoms with Crippen LogP contribution >= 0.6 is 0 Å². The molecule has 3 heteroatoms. The van der Waals surface area contributed by atoms with E-state index in [0.717, 1.165) is 25.7 Å². The van der Waals surface area contributed by atoms with Crippen LogP contribution in [-0.4, -0.2) is 37.5 Å². The molecule has 0 aromatic heterocycles. The van der Waals surface area contributed by atoms with Crippen LogP contribution in [0.15, 0.2) is 0 Å². The van der Waals surface area contributed by atoms with Crippen molar-refractivity contribution in [1.82, 2.24) is 5.32 Å². The fourth-order valence-electron chi connectivity index (χ4n) is 2.97. The molecule has 0 amide bonds. The number of nitrogens with one attached hydrogen (secondary N) is 1. The Hall–Kier alpha value is -0.120. The smallest absolute Gasteiger partial charge is 0.105 e. The predicted octanol–water partition coefficient (Wildman–Crippen LogP) is 2.74. The summed E-state index contributed by atoms with van der Waals surface area (Å²) in [7, 11) is 0. The molecule has 2 aliphatic rings. The molecule has 3 nitrogen and oxygen atoms in total. The zero-order valence-electron chi connectivity index (χ0n) is 12.2. The average Bonchev–Trinajstić information content (AvgIpc) is 2.33. The lowest BCUT2D eigenvalue weighted by Gasteiger charge is -2.44. The van der Waals surface area contributed by atoms with Crippen LogP contribution < -0.4 is 5.32 Å². The Morgan fingerprint density at radius 1 is 1.28 bits per heavy atom. The third kappa shape index (κ3) is 3.69. The summed E-state index contributed by atoms with van der Waals surface area (Å²) in [4.78, 5) is 0. The SMILES string of the molecule is CCC1CCC(CNC(C)C)(OC2COC2)CC1. The molecule has 1 heterocycles. The van der Waals surface area contributed by atoms with Crippen LogP contribution in [-0.2, 0) is 9.47 Å². The van der Waals surface area contributed by atoms with Crippen LogP contribution in [0.5, 0.6) is 0 Å². The van der Waals surface area contributed by atoms with Crippen molar-refractivity contribution in [2.45, 2.75) is 70.6 Å². The number of ether oxygens (including phenoxy) is 2. The van der Waals surface area contributed by atoms with E-state index >= 15 is 0 Å². The second-order valence-electron chi connectivity index (χ2n) is 6.35. The first-order valence-electron chi connectivity index (χ1n) is 7.62. The van der Waals surface area contributed by atoms with Crippen LogP contribution in [0.4, 0.5) is 0 Å². The summed E-state index contributed by atoms with van der Waals surface area (Å²) in [5, 5.41) is 3.58. The van der Waals surface area contributed by atoms with Gasteiger partial charge >= 0.3 is 0 Å². The Kier molecular flexibility index (Phi) is 5.05. The van der Waals surface area contributed by atoms with Crippen LogP contribution in [0.3, 0.4) is 0 Å². The highest BCUT2D eigenvalue weighted by Gasteiger charge is 2.39. The molecule has 1 saturated heterocycles. The van der Waals surface area contributed by atoms with Crippen molar-refractivity contribution in [3.8, 4) is 0 Å². The summed E-state index contributed by atoms with van der Waals surface area (Å²) in [5.74, 6) is 0.915. The van der Waals surface area contributed by atoms with E-state index in [1.807, 2.05) is 0 Å². The molecule has 106 valence electrons. The van der Waals surface area contributed by atoms with Gasteiger partial charge in [0.15, 0.2) is 0 Å². The highest BCUT2D eigenvalue weighted by Crippen LogP contribution is 2.37. The third-order valence-electron chi connectivity index (χ3n) is 4.45. The quantitative estimate of drug-likeness (QED) is 0.791. The molecular weight excluding hydrogens is 226 g/mol. The molecule has 1 N–H and O–H groups in total. The molecule has 2 rings (SSSR count). The minimum atomic E-state index is 0.0738. The summed E-state index contributed by atoms with van der Waals surface area (Å²) in [5.41, 5.74) is 0.0738. The van der Waals surface area contributed by atoms with Crippen molar-refractivity contribution in [3.63, 3.8) is 0 Å². The molecule has 1 saturated carbocycles. The lowest BCUT2D eigenvalue weighted by Crippen LogP contribution is -2.53. The average molecular weight is 255 g/mol. The van der Waals surface area contributed by atoms with Crippen LogP contribution in [0, 0.1) is 5.92 Å². The first kappa shape index (κ1) is 14.3. The zero-order valence-corrected chi connectivity index (χ0v) is 12.2. The molecule has 0 atom stereocenters. The van der Waals surface area contributed by atoms with Crippen molar-refractivity contribution < 1.29 is 9.47 Å². The normalized spacial score (nSPS) is 33.7. The predicted molar refractivity (Wildman–Crippen MR) is 73.8 cm³/mol. The van der Waals surface area contributed by atoms with Crippen LogP contribution in [0.25, 0.3) is 0 Å². The highest BCUT2D eigenvalue weighted by molar-refractivity contribution is 4.91. The fraction of sp³-hybridized carbons (Fsp3) is 1.00. The maximum Gasteiger partial charge on any atom is 0.105 e. The van der Waals surface area contributed by atoms with Crippen molar-refractivity contribution in [2.24, 2.45) is 5.92 Å². The molecule has 0 radical (unpaired) electrons. The van der Waals surface area contributed by atoms with Gasteiger partial charge in [-0.05, 0) is 31.6 Å². The molecule has 1 aliphatic heterocycles. The van der Waals surface area contributed by atoms with Crippen molar-refractivity contribution in [3.05, 3.63) is 0 Å². The van der Waals surface area contributed by atoms with Gasteiger partial charge < -0.3 is 14.8 Å². The van der Waals surface area contributed by atoms with E-state index in [1.54, 1.807) is 0 Å². The summed E-state index contributed by atoms with van der Waals surface area (Å²) in [6.45, 7) is 9.30. The van der Waals surface area contributed by atoms with Gasteiger partial charge in [-0.25, -0.2) is 0 Å². The van der Waals surface area contributed by atoms with Gasteiger partial charge in [-0.15, -0.1) is 0 Å². The monoisotopic (exact) mass is 255 g/mol. The fourth-order valence-corrected chi connectivity index (χ4v) is 2.97. The van der Waals surface area contributed by atoms with Gasteiger partial charge in [-0.1, -0.05) is 27.2 Å². The van der Waals surface area contributed by atoms with E-state index in [9.17, 15) is 0 Å². The molecule has 18 heavy (non-hydrogen) atoms. The van der Waals surface area contributed by atoms with Gasteiger partial charge in [0.2, 0.25) is 0 Å². The first-order valence-corrected chi connectivity index (χ1v) is 7.62. The first-order chi connectivity index (χ1) is 8.63. The van der Waals surface area contributed by atoms with E-state index in [1.165, 1.54) is 32.1 Å². The van der Waals surface area contributed by atoms with Crippen molar-refractivity contribution in [2.75, 3.05) is 19.8 Å². The van der Waals surface area contributed by atoms with Gasteiger partial charge in [0.25, 0.3) is 0 Å². The van der Waals surface area contributed by atoms with Gasteiger partial charge in [-0.2, -0.15) is 0 Å². The second kappa shape index (κ2) is 6.36. The molecule has 0 aromatic carbocycles. The lowest BCUT2D eigenvalue weighted by molar-refractivity contribution is -0.203. The Morgan fingerprint density at radius 3 is 2.39 bits per heavy atom. The van der Waals surface area contributed by atoms with E-state index < -0.39 is 0 Å². The largest absolute Gasteiger partial charge is 0.376 e. The van der Waals surface area contributed by atoms with Crippen molar-refractivity contribution in [1.29, 1.82) is 0 Å². The maximum atomic E-state index is 6.37. The van der Waals surface area contributed by atoms with E-state index in [0.29, 0.717) is 12.1 Å². The van der Waals surface area contributed by atoms with Crippen molar-refractivity contribution >= 4 is 0 Å². The van der Waals surface area contributed by atoms with Gasteiger partial charge in [0, 0.05) is 12.6 Å². The number of hydrogen-bond donors (Lipinski definition) is 1. The lowest BCUT2D eigenvalue weighted by atomic mass is 9.77. The molecule has 1 aliphatic carbocycles. The van der Waals surface area contributed by atoms with E-state index in [2.05, 4.69) is 26.1 Å². The highest BCUT2D eigenvalue weighted by atomic mass is 16.6. The van der Waals surface area contributed by atoms with Crippen LogP contribution in [0.2, 0.25) is 0 Å². The summed E-state index contributed by atoms with van der Waals surface area (Å²) in [6.07, 6.45) is 6.73. The summed E-state index contributed by atoms with van der Waals surface area (Å²) < 4.78 is 11.6. The molecule has 0 bridgehead atoms. The van der Waals surface area contributed by atoms with Gasteiger partial charge in [0.1, 0.15) is 6.10 Å². The zero-order chi connectivity index (χ0) is 13.0. The third-order valence-corrected chi connectivity index (χ3v) is 4.45. The second-order valence-corrected chi connectivity index (χ2v) is 6.35. The minimum Gasteiger partial charge on any atom is -0.376 e. The van der Waals surface area contributed by atoms with Gasteiger partial charge in [0.05, 0.1) is 18.8 Å². The van der Waals surface area contributed by atoms with Gasteiger partial charge in [-0.3, -0.25) is 0 Å². The van der Waals surface area contributed by atoms with Crippen LogP contribution in [0.1, 0.15) is 52.9 Å². The van der Waals surface area contributed by atoms with E-state index in [-0.39, 0.29) is 5.60 Å². The Morgan fingerprint density at radius 2 is 1.94 bits per heavy atom. The Balaban J connectivity index is 1.89. The molecule has 0 spiro atoms. The standard InChI is InChI=1S/C15H29NO2/c1-4-13-5-7-15(8-6-13,11-16-12(2)3)18-14-9-17-10-14/h12-14,16H,4-11H2,1-3H3. The Labute approximate surface area is 112 Å². The molecule has 0 aromatic rings. The topological polar surface area (TPSA) is 30.5 Å². The summed E-state index contributed by atoms with van der Waals surface area (Å²) in [6, 6.07) is 0.534. The maximum absolute atomic E-state index is 6.37. The van der Waals surface area contributed by atoms with E-state index in [4.69, 9.17) is 9.47 Å².